The van der Waals surface area contributed by atoms with Crippen LogP contribution in [0.2, 0.25) is 0 Å². The molecule has 0 bridgehead atoms. The smallest absolute Gasteiger partial charge is 0.188 e. The van der Waals surface area contributed by atoms with Gasteiger partial charge in [0.25, 0.3) is 0 Å². The summed E-state index contributed by atoms with van der Waals surface area (Å²) in [5.74, 6) is 0.745. The van der Waals surface area contributed by atoms with Gasteiger partial charge in [-0.2, -0.15) is 5.11 Å². The molecule has 0 unspecified atom stereocenters. The van der Waals surface area contributed by atoms with Crippen molar-refractivity contribution in [3.8, 4) is 5.75 Å². The fourth-order valence-corrected chi connectivity index (χ4v) is 3.10. The Hall–Kier alpha value is -3.27. The van der Waals surface area contributed by atoms with Crippen LogP contribution in [0.4, 0.5) is 5.69 Å². The first-order valence-electron chi connectivity index (χ1n) is 8.06. The summed E-state index contributed by atoms with van der Waals surface area (Å²) in [5, 5.41) is 10.5. The zero-order valence-corrected chi connectivity index (χ0v) is 13.8. The minimum atomic E-state index is -0.0107. The summed E-state index contributed by atoms with van der Waals surface area (Å²) in [7, 11) is 1.62. The Labute approximate surface area is 145 Å². The van der Waals surface area contributed by atoms with Crippen LogP contribution in [-0.4, -0.2) is 12.9 Å². The number of carbonyl (C=O) groups is 1. The third kappa shape index (κ3) is 2.83. The third-order valence-corrected chi connectivity index (χ3v) is 4.31. The predicted octanol–water partition coefficient (Wildman–Crippen LogP) is 3.29. The van der Waals surface area contributed by atoms with Crippen molar-refractivity contribution in [2.24, 2.45) is 10.2 Å². The largest absolute Gasteiger partial charge is 0.497 e. The topological polar surface area (TPSA) is 51.0 Å². The minimum Gasteiger partial charge on any atom is -0.497 e. The Kier molecular flexibility index (Phi) is 3.86. The van der Waals surface area contributed by atoms with E-state index in [1.807, 2.05) is 54.6 Å². The van der Waals surface area contributed by atoms with Crippen LogP contribution in [-0.2, 0) is 4.79 Å². The molecular weight excluding hydrogens is 312 g/mol. The number of azo groups is 1. The number of rotatable bonds is 3. The van der Waals surface area contributed by atoms with Gasteiger partial charge in [-0.1, -0.05) is 42.5 Å². The van der Waals surface area contributed by atoms with Crippen molar-refractivity contribution >= 4 is 28.8 Å². The number of benzene rings is 2. The summed E-state index contributed by atoms with van der Waals surface area (Å²) in [6, 6.07) is 13.2. The average Bonchev–Trinajstić information content (AvgIpc) is 2.85. The van der Waals surface area contributed by atoms with Gasteiger partial charge in [0.15, 0.2) is 5.78 Å². The van der Waals surface area contributed by atoms with E-state index in [0.717, 1.165) is 27.3 Å². The first-order chi connectivity index (χ1) is 12.3. The molecule has 0 heterocycles. The van der Waals surface area contributed by atoms with E-state index in [4.69, 9.17) is 4.74 Å². The normalized spacial score (nSPS) is 15.5. The number of allylic oxidation sites excluding steroid dienone is 3. The summed E-state index contributed by atoms with van der Waals surface area (Å²) >= 11 is 0. The molecule has 2 aromatic carbocycles. The maximum absolute atomic E-state index is 12.6. The molecule has 0 amide bonds. The number of carbonyl (C=O) groups excluding carboxylic acids is 1. The number of ether oxygens (including phenoxy) is 1. The second-order valence-electron chi connectivity index (χ2n) is 5.86. The lowest BCUT2D eigenvalue weighted by molar-refractivity contribution is -0.113. The van der Waals surface area contributed by atoms with Crippen LogP contribution in [0.1, 0.15) is 12.0 Å². The molecule has 0 saturated carbocycles. The Morgan fingerprint density at radius 1 is 0.960 bits per heavy atom. The van der Waals surface area contributed by atoms with Crippen LogP contribution < -0.4 is 15.2 Å². The lowest BCUT2D eigenvalue weighted by Gasteiger charge is -2.11. The second kappa shape index (κ2) is 6.32. The standard InChI is InChI=1S/C21H16N2O2/c1-25-17-11-9-16(10-12-17)22-23-21-18-8-4-7-14-5-2-3-6-15(20(14)18)13-19(21)24/h2-12H,13H2,1H3. The lowest BCUT2D eigenvalue weighted by Crippen LogP contribution is -2.36. The highest BCUT2D eigenvalue weighted by molar-refractivity contribution is 6.18. The molecule has 122 valence electrons. The number of nitrogens with zero attached hydrogens (tertiary/aromatic N) is 2. The van der Waals surface area contributed by atoms with E-state index in [2.05, 4.69) is 22.4 Å². The highest BCUT2D eigenvalue weighted by Crippen LogP contribution is 2.21. The number of ketones is 1. The molecule has 4 rings (SSSR count). The van der Waals surface area contributed by atoms with Gasteiger partial charge in [0.05, 0.1) is 12.8 Å². The fourth-order valence-electron chi connectivity index (χ4n) is 3.10. The molecule has 4 heteroatoms. The fraction of sp³-hybridized carbons (Fsp3) is 0.0952. The van der Waals surface area contributed by atoms with E-state index in [9.17, 15) is 4.79 Å². The minimum absolute atomic E-state index is 0.0107. The van der Waals surface area contributed by atoms with Crippen molar-refractivity contribution in [2.75, 3.05) is 7.11 Å². The van der Waals surface area contributed by atoms with Crippen LogP contribution in [0.3, 0.4) is 0 Å². The molecule has 0 aliphatic heterocycles. The van der Waals surface area contributed by atoms with Crippen LogP contribution in [0.5, 0.6) is 5.75 Å². The highest BCUT2D eigenvalue weighted by atomic mass is 16.5. The summed E-state index contributed by atoms with van der Waals surface area (Å²) in [5.41, 5.74) is 3.23. The van der Waals surface area contributed by atoms with Crippen LogP contribution in [0, 0.1) is 0 Å². The number of methoxy groups -OCH3 is 1. The van der Waals surface area contributed by atoms with Gasteiger partial charge < -0.3 is 4.74 Å². The van der Waals surface area contributed by atoms with E-state index in [1.54, 1.807) is 7.11 Å². The van der Waals surface area contributed by atoms with Crippen molar-refractivity contribution < 1.29 is 9.53 Å². The summed E-state index contributed by atoms with van der Waals surface area (Å²) in [6.45, 7) is 0. The quantitative estimate of drug-likeness (QED) is 0.812. The van der Waals surface area contributed by atoms with Crippen molar-refractivity contribution in [3.05, 3.63) is 76.7 Å². The molecule has 0 aromatic heterocycles. The zero-order valence-electron chi connectivity index (χ0n) is 13.8. The molecule has 0 N–H and O–H groups in total. The first kappa shape index (κ1) is 15.3. The van der Waals surface area contributed by atoms with Crippen LogP contribution in [0.25, 0.3) is 17.3 Å². The molecule has 0 fully saturated rings. The molecule has 2 aromatic rings. The Morgan fingerprint density at radius 2 is 1.76 bits per heavy atom. The van der Waals surface area contributed by atoms with E-state index in [1.165, 1.54) is 0 Å². The predicted molar refractivity (Wildman–Crippen MR) is 97.8 cm³/mol. The van der Waals surface area contributed by atoms with Gasteiger partial charge in [0, 0.05) is 11.6 Å². The van der Waals surface area contributed by atoms with Gasteiger partial charge in [-0.25, -0.2) is 0 Å². The molecule has 0 atom stereocenters. The van der Waals surface area contributed by atoms with Gasteiger partial charge in [-0.3, -0.25) is 4.79 Å². The average molecular weight is 328 g/mol. The molecule has 0 saturated heterocycles. The second-order valence-corrected chi connectivity index (χ2v) is 5.86. The summed E-state index contributed by atoms with van der Waals surface area (Å²) in [6.07, 6.45) is 8.36. The number of Topliss-reactive ketones (excluding diaryl/α,β-unsaturated/α-hetero) is 1. The van der Waals surface area contributed by atoms with Crippen LogP contribution in [0.15, 0.2) is 70.9 Å². The first-order valence-corrected chi connectivity index (χ1v) is 8.06. The van der Waals surface area contributed by atoms with Crippen molar-refractivity contribution in [2.45, 2.75) is 6.42 Å². The molecule has 0 radical (unpaired) electrons. The monoisotopic (exact) mass is 328 g/mol. The van der Waals surface area contributed by atoms with Crippen molar-refractivity contribution in [1.82, 2.24) is 0 Å². The van der Waals surface area contributed by atoms with Crippen LogP contribution >= 0.6 is 0 Å². The number of hydrogen-bond acceptors (Lipinski definition) is 4. The van der Waals surface area contributed by atoms with E-state index in [0.29, 0.717) is 17.8 Å². The van der Waals surface area contributed by atoms with E-state index >= 15 is 0 Å². The zero-order chi connectivity index (χ0) is 17.2. The molecule has 0 spiro atoms. The highest BCUT2D eigenvalue weighted by Gasteiger charge is 2.19. The molecule has 2 aliphatic rings. The maximum Gasteiger partial charge on any atom is 0.188 e. The number of hydrogen-bond donors (Lipinski definition) is 0. The molecule has 2 aliphatic carbocycles. The van der Waals surface area contributed by atoms with Gasteiger partial charge in [0.2, 0.25) is 0 Å². The molecule has 4 nitrogen and oxygen atoms in total. The van der Waals surface area contributed by atoms with Gasteiger partial charge >= 0.3 is 0 Å². The van der Waals surface area contributed by atoms with Crippen molar-refractivity contribution in [1.29, 1.82) is 0 Å². The van der Waals surface area contributed by atoms with E-state index < -0.39 is 0 Å². The van der Waals surface area contributed by atoms with Gasteiger partial charge in [0.1, 0.15) is 11.4 Å². The SMILES string of the molecule is COc1ccc(N=NC2=c3cccc4c3=C(C=CC=C4)CC2=O)cc1. The summed E-state index contributed by atoms with van der Waals surface area (Å²) < 4.78 is 5.14. The van der Waals surface area contributed by atoms with Gasteiger partial charge in [-0.15, -0.1) is 5.11 Å². The van der Waals surface area contributed by atoms with Gasteiger partial charge in [-0.05, 0) is 40.6 Å². The molecular formula is C21H16N2O2. The molecule has 25 heavy (non-hydrogen) atoms. The lowest BCUT2D eigenvalue weighted by atomic mass is 9.94. The Bertz CT molecular complexity index is 1060. The summed E-state index contributed by atoms with van der Waals surface area (Å²) in [4.78, 5) is 12.6. The van der Waals surface area contributed by atoms with E-state index in [-0.39, 0.29) is 5.78 Å². The maximum atomic E-state index is 12.6. The van der Waals surface area contributed by atoms with Crippen molar-refractivity contribution in [3.63, 3.8) is 0 Å². The third-order valence-electron chi connectivity index (χ3n) is 4.31. The Balaban J connectivity index is 1.87. The Morgan fingerprint density at radius 3 is 2.56 bits per heavy atom.